The zero-order chi connectivity index (χ0) is 12.1. The predicted octanol–water partition coefficient (Wildman–Crippen LogP) is 1.93. The Balaban J connectivity index is 1.99. The van der Waals surface area contributed by atoms with Gasteiger partial charge in [-0.1, -0.05) is 6.07 Å². The van der Waals surface area contributed by atoms with E-state index in [-0.39, 0.29) is 0 Å². The molecule has 0 fully saturated rings. The van der Waals surface area contributed by atoms with Crippen molar-refractivity contribution in [2.24, 2.45) is 10.7 Å². The highest BCUT2D eigenvalue weighted by atomic mass is 15.1. The van der Waals surface area contributed by atoms with Gasteiger partial charge in [0.05, 0.1) is 6.54 Å². The molecule has 0 atom stereocenters. The third kappa shape index (κ3) is 3.01. The van der Waals surface area contributed by atoms with Crippen molar-refractivity contribution in [2.45, 2.75) is 25.7 Å². The summed E-state index contributed by atoms with van der Waals surface area (Å²) in [6.45, 7) is 0.570. The SMILES string of the molecule is C#CCCN=C(N)Nc1ccc2c(c1)CCC2. The number of guanidine groups is 1. The Labute approximate surface area is 102 Å². The van der Waals surface area contributed by atoms with Crippen LogP contribution in [0.3, 0.4) is 0 Å². The van der Waals surface area contributed by atoms with Gasteiger partial charge in [0.1, 0.15) is 0 Å². The summed E-state index contributed by atoms with van der Waals surface area (Å²) in [6, 6.07) is 6.37. The fourth-order valence-corrected chi connectivity index (χ4v) is 2.08. The molecular formula is C14H17N3. The van der Waals surface area contributed by atoms with Crippen LogP contribution in [0.1, 0.15) is 24.0 Å². The van der Waals surface area contributed by atoms with E-state index in [9.17, 15) is 0 Å². The quantitative estimate of drug-likeness (QED) is 0.359. The second-order valence-corrected chi connectivity index (χ2v) is 4.18. The van der Waals surface area contributed by atoms with Gasteiger partial charge in [0, 0.05) is 12.1 Å². The summed E-state index contributed by atoms with van der Waals surface area (Å²) in [5.41, 5.74) is 9.65. The van der Waals surface area contributed by atoms with Crippen molar-refractivity contribution in [3.05, 3.63) is 29.3 Å². The van der Waals surface area contributed by atoms with Crippen LogP contribution in [0.25, 0.3) is 0 Å². The fraction of sp³-hybridized carbons (Fsp3) is 0.357. The number of aliphatic imine (C=N–C) groups is 1. The molecule has 0 unspecified atom stereocenters. The zero-order valence-electron chi connectivity index (χ0n) is 9.87. The Morgan fingerprint density at radius 3 is 3.06 bits per heavy atom. The second-order valence-electron chi connectivity index (χ2n) is 4.18. The van der Waals surface area contributed by atoms with E-state index >= 15 is 0 Å². The summed E-state index contributed by atoms with van der Waals surface area (Å²) in [4.78, 5) is 4.14. The first kappa shape index (κ1) is 11.5. The van der Waals surface area contributed by atoms with Crippen molar-refractivity contribution in [3.8, 4) is 12.3 Å². The minimum absolute atomic E-state index is 0.429. The van der Waals surface area contributed by atoms with E-state index in [1.54, 1.807) is 0 Å². The highest BCUT2D eigenvalue weighted by Crippen LogP contribution is 2.24. The Kier molecular flexibility index (Phi) is 3.66. The third-order valence-electron chi connectivity index (χ3n) is 2.91. The average molecular weight is 227 g/mol. The maximum atomic E-state index is 5.76. The van der Waals surface area contributed by atoms with Gasteiger partial charge in [-0.25, -0.2) is 0 Å². The molecular weight excluding hydrogens is 210 g/mol. The van der Waals surface area contributed by atoms with E-state index in [0.29, 0.717) is 18.9 Å². The summed E-state index contributed by atoms with van der Waals surface area (Å²) in [5, 5.41) is 3.09. The molecule has 1 aromatic carbocycles. The maximum absolute atomic E-state index is 5.76. The molecule has 17 heavy (non-hydrogen) atoms. The lowest BCUT2D eigenvalue weighted by Gasteiger charge is -2.07. The molecule has 88 valence electrons. The number of fused-ring (bicyclic) bond motifs is 1. The van der Waals surface area contributed by atoms with Crippen molar-refractivity contribution in [1.82, 2.24) is 0 Å². The topological polar surface area (TPSA) is 50.4 Å². The van der Waals surface area contributed by atoms with E-state index in [2.05, 4.69) is 28.4 Å². The molecule has 0 saturated heterocycles. The van der Waals surface area contributed by atoms with Crippen LogP contribution in [-0.2, 0) is 12.8 Å². The zero-order valence-corrected chi connectivity index (χ0v) is 9.87. The Bertz CT molecular complexity index is 469. The smallest absolute Gasteiger partial charge is 0.193 e. The van der Waals surface area contributed by atoms with Crippen LogP contribution in [0.2, 0.25) is 0 Å². The standard InChI is InChI=1S/C14H17N3/c1-2-3-9-16-14(15)17-13-8-7-11-5-4-6-12(11)10-13/h1,7-8,10H,3-6,9H2,(H3,15,16,17). The summed E-state index contributed by atoms with van der Waals surface area (Å²) in [7, 11) is 0. The number of hydrogen-bond donors (Lipinski definition) is 2. The van der Waals surface area contributed by atoms with Gasteiger partial charge in [-0.05, 0) is 42.5 Å². The van der Waals surface area contributed by atoms with Crippen LogP contribution in [-0.4, -0.2) is 12.5 Å². The molecule has 0 spiro atoms. The molecule has 1 aliphatic rings. The normalized spacial score (nSPS) is 14.2. The number of nitrogens with zero attached hydrogens (tertiary/aromatic N) is 1. The maximum Gasteiger partial charge on any atom is 0.193 e. The van der Waals surface area contributed by atoms with E-state index in [1.807, 2.05) is 6.07 Å². The molecule has 0 aromatic heterocycles. The van der Waals surface area contributed by atoms with Gasteiger partial charge >= 0.3 is 0 Å². The Hall–Kier alpha value is -1.95. The van der Waals surface area contributed by atoms with Gasteiger partial charge in [0.2, 0.25) is 0 Å². The van der Waals surface area contributed by atoms with Crippen molar-refractivity contribution in [3.63, 3.8) is 0 Å². The van der Waals surface area contributed by atoms with Gasteiger partial charge in [0.25, 0.3) is 0 Å². The molecule has 0 heterocycles. The summed E-state index contributed by atoms with van der Waals surface area (Å²) >= 11 is 0. The van der Waals surface area contributed by atoms with Crippen LogP contribution in [0.5, 0.6) is 0 Å². The Morgan fingerprint density at radius 2 is 2.24 bits per heavy atom. The summed E-state index contributed by atoms with van der Waals surface area (Å²) < 4.78 is 0. The molecule has 1 aliphatic carbocycles. The molecule has 3 N–H and O–H groups in total. The molecule has 3 nitrogen and oxygen atoms in total. The van der Waals surface area contributed by atoms with Crippen LogP contribution in [0.15, 0.2) is 23.2 Å². The molecule has 1 aromatic rings. The number of rotatable bonds is 3. The van der Waals surface area contributed by atoms with Crippen LogP contribution < -0.4 is 11.1 Å². The van der Waals surface area contributed by atoms with Crippen molar-refractivity contribution >= 4 is 11.6 Å². The largest absolute Gasteiger partial charge is 0.370 e. The van der Waals surface area contributed by atoms with Gasteiger partial charge in [-0.2, -0.15) is 0 Å². The number of anilines is 1. The van der Waals surface area contributed by atoms with Crippen molar-refractivity contribution in [2.75, 3.05) is 11.9 Å². The monoisotopic (exact) mass is 227 g/mol. The molecule has 0 saturated carbocycles. The van der Waals surface area contributed by atoms with E-state index in [1.165, 1.54) is 30.4 Å². The minimum atomic E-state index is 0.429. The van der Waals surface area contributed by atoms with Gasteiger partial charge in [-0.15, -0.1) is 12.3 Å². The lowest BCUT2D eigenvalue weighted by Crippen LogP contribution is -2.22. The number of nitrogens with two attached hydrogens (primary N) is 1. The number of nitrogens with one attached hydrogen (secondary N) is 1. The first-order valence-corrected chi connectivity index (χ1v) is 5.92. The molecule has 0 aliphatic heterocycles. The summed E-state index contributed by atoms with van der Waals surface area (Å²) in [5.74, 6) is 2.96. The number of hydrogen-bond acceptors (Lipinski definition) is 1. The van der Waals surface area contributed by atoms with Gasteiger partial charge in [0.15, 0.2) is 5.96 Å². The second kappa shape index (κ2) is 5.40. The number of aryl methyl sites for hydroxylation is 2. The van der Waals surface area contributed by atoms with E-state index in [0.717, 1.165) is 5.69 Å². The fourth-order valence-electron chi connectivity index (χ4n) is 2.08. The molecule has 0 bridgehead atoms. The molecule has 3 heteroatoms. The number of benzene rings is 1. The van der Waals surface area contributed by atoms with Crippen molar-refractivity contribution < 1.29 is 0 Å². The number of terminal acetylenes is 1. The lowest BCUT2D eigenvalue weighted by molar-refractivity contribution is 0.912. The van der Waals surface area contributed by atoms with Crippen molar-refractivity contribution in [1.29, 1.82) is 0 Å². The van der Waals surface area contributed by atoms with Crippen LogP contribution in [0, 0.1) is 12.3 Å². The van der Waals surface area contributed by atoms with E-state index < -0.39 is 0 Å². The highest BCUT2D eigenvalue weighted by molar-refractivity contribution is 5.92. The average Bonchev–Trinajstić information content (AvgIpc) is 2.76. The summed E-state index contributed by atoms with van der Waals surface area (Å²) in [6.07, 6.45) is 9.38. The first-order chi connectivity index (χ1) is 8.29. The third-order valence-corrected chi connectivity index (χ3v) is 2.91. The van der Waals surface area contributed by atoms with Crippen LogP contribution >= 0.6 is 0 Å². The Morgan fingerprint density at radius 1 is 1.41 bits per heavy atom. The van der Waals surface area contributed by atoms with Gasteiger partial charge in [-0.3, -0.25) is 4.99 Å². The lowest BCUT2D eigenvalue weighted by atomic mass is 10.1. The van der Waals surface area contributed by atoms with Gasteiger partial charge < -0.3 is 11.1 Å². The van der Waals surface area contributed by atoms with Crippen LogP contribution in [0.4, 0.5) is 5.69 Å². The minimum Gasteiger partial charge on any atom is -0.370 e. The highest BCUT2D eigenvalue weighted by Gasteiger charge is 2.10. The van der Waals surface area contributed by atoms with E-state index in [4.69, 9.17) is 12.2 Å². The first-order valence-electron chi connectivity index (χ1n) is 5.92. The molecule has 2 rings (SSSR count). The molecule has 0 radical (unpaired) electrons. The predicted molar refractivity (Wildman–Crippen MR) is 72.0 cm³/mol. The molecule has 0 amide bonds.